The molecule has 6 nitrogen and oxygen atoms in total. The summed E-state index contributed by atoms with van der Waals surface area (Å²) in [6.07, 6.45) is 0.669. The second-order valence-electron chi connectivity index (χ2n) is 6.73. The van der Waals surface area contributed by atoms with Gasteiger partial charge in [-0.1, -0.05) is 36.4 Å². The number of aromatic nitrogens is 2. The molecule has 0 spiro atoms. The van der Waals surface area contributed by atoms with Crippen molar-refractivity contribution in [2.75, 3.05) is 5.32 Å². The van der Waals surface area contributed by atoms with Crippen LogP contribution in [0.4, 0.5) is 5.69 Å². The van der Waals surface area contributed by atoms with Gasteiger partial charge >= 0.3 is 0 Å². The highest BCUT2D eigenvalue weighted by Gasteiger charge is 2.24. The van der Waals surface area contributed by atoms with Crippen LogP contribution in [-0.2, 0) is 17.8 Å². The van der Waals surface area contributed by atoms with Crippen LogP contribution < -0.4 is 16.2 Å². The van der Waals surface area contributed by atoms with Gasteiger partial charge in [0, 0.05) is 23.9 Å². The molecule has 4 rings (SSSR count). The van der Waals surface area contributed by atoms with Crippen LogP contribution >= 0.6 is 12.4 Å². The van der Waals surface area contributed by atoms with E-state index in [2.05, 4.69) is 33.0 Å². The molecule has 2 aromatic carbocycles. The van der Waals surface area contributed by atoms with E-state index in [0.717, 1.165) is 16.8 Å². The standard InChI is InChI=1S/C21H20N4O2.ClH/c1-13-6-7-15(17-8-9-20(26)25-24-17)11-18(13)23-21(27)19-10-14-4-2-3-5-16(14)12-22-19;/h2-9,11,19,22H,10,12H2,1H3,(H,23,27)(H,25,26);1H/t19-;/m1./s1. The topological polar surface area (TPSA) is 86.9 Å². The van der Waals surface area contributed by atoms with Gasteiger partial charge in [0.25, 0.3) is 5.56 Å². The molecule has 2 heterocycles. The van der Waals surface area contributed by atoms with E-state index in [4.69, 9.17) is 0 Å². The lowest BCUT2D eigenvalue weighted by molar-refractivity contribution is -0.118. The maximum absolute atomic E-state index is 12.8. The van der Waals surface area contributed by atoms with Crippen molar-refractivity contribution in [1.29, 1.82) is 0 Å². The normalized spacial score (nSPS) is 15.2. The van der Waals surface area contributed by atoms with Crippen molar-refractivity contribution in [1.82, 2.24) is 15.5 Å². The quantitative estimate of drug-likeness (QED) is 0.635. The highest BCUT2D eigenvalue weighted by molar-refractivity contribution is 5.96. The van der Waals surface area contributed by atoms with Crippen molar-refractivity contribution in [3.63, 3.8) is 0 Å². The highest BCUT2D eigenvalue weighted by Crippen LogP contribution is 2.24. The molecular formula is C21H21ClN4O2. The van der Waals surface area contributed by atoms with Crippen LogP contribution in [0, 0.1) is 6.92 Å². The first-order valence-electron chi connectivity index (χ1n) is 8.88. The van der Waals surface area contributed by atoms with Gasteiger partial charge in [-0.3, -0.25) is 9.59 Å². The van der Waals surface area contributed by atoms with Crippen LogP contribution in [-0.4, -0.2) is 22.1 Å². The van der Waals surface area contributed by atoms with E-state index in [1.54, 1.807) is 6.07 Å². The zero-order valence-electron chi connectivity index (χ0n) is 15.4. The molecule has 0 fully saturated rings. The number of fused-ring (bicyclic) bond motifs is 1. The number of nitrogens with zero attached hydrogens (tertiary/aromatic N) is 1. The van der Waals surface area contributed by atoms with Gasteiger partial charge in [0.2, 0.25) is 5.91 Å². The van der Waals surface area contributed by atoms with Gasteiger partial charge in [-0.05, 0) is 42.2 Å². The minimum atomic E-state index is -0.269. The highest BCUT2D eigenvalue weighted by atomic mass is 35.5. The number of benzene rings is 2. The van der Waals surface area contributed by atoms with Gasteiger partial charge in [0.1, 0.15) is 0 Å². The minimum absolute atomic E-state index is 0. The van der Waals surface area contributed by atoms with Crippen LogP contribution in [0.15, 0.2) is 59.4 Å². The number of anilines is 1. The zero-order valence-corrected chi connectivity index (χ0v) is 16.2. The van der Waals surface area contributed by atoms with E-state index in [9.17, 15) is 9.59 Å². The lowest BCUT2D eigenvalue weighted by atomic mass is 9.95. The number of hydrogen-bond donors (Lipinski definition) is 3. The second-order valence-corrected chi connectivity index (χ2v) is 6.73. The minimum Gasteiger partial charge on any atom is -0.324 e. The van der Waals surface area contributed by atoms with Crippen LogP contribution in [0.25, 0.3) is 11.3 Å². The summed E-state index contributed by atoms with van der Waals surface area (Å²) in [5.74, 6) is -0.0563. The Labute approximate surface area is 168 Å². The average molecular weight is 397 g/mol. The maximum Gasteiger partial charge on any atom is 0.264 e. The lowest BCUT2D eigenvalue weighted by Crippen LogP contribution is -2.44. The molecule has 3 N–H and O–H groups in total. The Balaban J connectivity index is 0.00000225. The fourth-order valence-corrected chi connectivity index (χ4v) is 3.28. The Bertz CT molecular complexity index is 1040. The summed E-state index contributed by atoms with van der Waals surface area (Å²) in [6, 6.07) is 16.7. The lowest BCUT2D eigenvalue weighted by Gasteiger charge is -2.25. The number of nitrogens with one attached hydrogen (secondary N) is 3. The maximum atomic E-state index is 12.8. The van der Waals surface area contributed by atoms with Crippen molar-refractivity contribution in [3.05, 3.63) is 81.6 Å². The fraction of sp³-hybridized carbons (Fsp3) is 0.190. The van der Waals surface area contributed by atoms with Gasteiger partial charge in [-0.2, -0.15) is 5.10 Å². The molecule has 7 heteroatoms. The Morgan fingerprint density at radius 1 is 1.11 bits per heavy atom. The summed E-state index contributed by atoms with van der Waals surface area (Å²) in [4.78, 5) is 24.0. The summed E-state index contributed by atoms with van der Waals surface area (Å²) in [5.41, 5.74) is 5.38. The number of aromatic amines is 1. The Morgan fingerprint density at radius 3 is 2.64 bits per heavy atom. The summed E-state index contributed by atoms with van der Waals surface area (Å²) < 4.78 is 0. The number of carbonyl (C=O) groups is 1. The summed E-state index contributed by atoms with van der Waals surface area (Å²) in [7, 11) is 0. The van der Waals surface area contributed by atoms with Crippen molar-refractivity contribution < 1.29 is 4.79 Å². The van der Waals surface area contributed by atoms with Gasteiger partial charge in [0.05, 0.1) is 11.7 Å². The third kappa shape index (κ3) is 4.13. The molecule has 1 amide bonds. The zero-order chi connectivity index (χ0) is 18.8. The third-order valence-electron chi connectivity index (χ3n) is 4.87. The molecule has 0 bridgehead atoms. The van der Waals surface area contributed by atoms with E-state index in [-0.39, 0.29) is 29.9 Å². The van der Waals surface area contributed by atoms with Gasteiger partial charge in [-0.25, -0.2) is 5.10 Å². The van der Waals surface area contributed by atoms with Crippen molar-refractivity contribution >= 4 is 24.0 Å². The van der Waals surface area contributed by atoms with Crippen molar-refractivity contribution in [2.24, 2.45) is 0 Å². The van der Waals surface area contributed by atoms with Crippen molar-refractivity contribution in [3.8, 4) is 11.3 Å². The molecule has 1 aliphatic heterocycles. The number of aryl methyl sites for hydroxylation is 1. The molecule has 28 heavy (non-hydrogen) atoms. The average Bonchev–Trinajstić information content (AvgIpc) is 2.70. The van der Waals surface area contributed by atoms with E-state index < -0.39 is 0 Å². The van der Waals surface area contributed by atoms with Crippen LogP contribution in [0.1, 0.15) is 16.7 Å². The third-order valence-corrected chi connectivity index (χ3v) is 4.87. The predicted octanol–water partition coefficient (Wildman–Crippen LogP) is 2.82. The van der Waals surface area contributed by atoms with E-state index >= 15 is 0 Å². The van der Waals surface area contributed by atoms with Crippen LogP contribution in [0.3, 0.4) is 0 Å². The number of H-pyrrole nitrogens is 1. The number of amides is 1. The molecule has 0 saturated carbocycles. The Morgan fingerprint density at radius 2 is 1.89 bits per heavy atom. The Kier molecular flexibility index (Phi) is 5.92. The molecule has 0 aliphatic carbocycles. The first-order chi connectivity index (χ1) is 13.1. The molecule has 3 aromatic rings. The number of hydrogen-bond acceptors (Lipinski definition) is 4. The van der Waals surface area contributed by atoms with Crippen LogP contribution in [0.5, 0.6) is 0 Å². The molecule has 0 unspecified atom stereocenters. The predicted molar refractivity (Wildman–Crippen MR) is 112 cm³/mol. The molecule has 0 radical (unpaired) electrons. The molecule has 1 aromatic heterocycles. The number of carbonyl (C=O) groups excluding carboxylic acids is 1. The number of rotatable bonds is 3. The second kappa shape index (κ2) is 8.37. The molecule has 0 saturated heterocycles. The Hall–Kier alpha value is -2.96. The fourth-order valence-electron chi connectivity index (χ4n) is 3.28. The van der Waals surface area contributed by atoms with Gasteiger partial charge in [0.15, 0.2) is 0 Å². The van der Waals surface area contributed by atoms with Crippen molar-refractivity contribution in [2.45, 2.75) is 25.9 Å². The number of halogens is 1. The van der Waals surface area contributed by atoms with E-state index in [1.807, 2.05) is 37.3 Å². The molecular weight excluding hydrogens is 376 g/mol. The van der Waals surface area contributed by atoms with E-state index in [1.165, 1.54) is 17.2 Å². The molecule has 1 atom stereocenters. The first kappa shape index (κ1) is 19.8. The van der Waals surface area contributed by atoms with Gasteiger partial charge < -0.3 is 10.6 Å². The first-order valence-corrected chi connectivity index (χ1v) is 8.88. The van der Waals surface area contributed by atoms with Crippen LogP contribution in [0.2, 0.25) is 0 Å². The van der Waals surface area contributed by atoms with Gasteiger partial charge in [-0.15, -0.1) is 12.4 Å². The summed E-state index contributed by atoms with van der Waals surface area (Å²) >= 11 is 0. The largest absolute Gasteiger partial charge is 0.324 e. The SMILES string of the molecule is Cc1ccc(-c2ccc(=O)[nH]n2)cc1NC(=O)[C@H]1Cc2ccccc2CN1.Cl. The summed E-state index contributed by atoms with van der Waals surface area (Å²) in [6.45, 7) is 2.64. The smallest absolute Gasteiger partial charge is 0.264 e. The molecule has 144 valence electrons. The summed E-state index contributed by atoms with van der Waals surface area (Å²) in [5, 5.41) is 12.8. The molecule has 1 aliphatic rings. The van der Waals surface area contributed by atoms with E-state index in [0.29, 0.717) is 18.7 Å². The monoisotopic (exact) mass is 396 g/mol.